The number of rotatable bonds is 2. The highest BCUT2D eigenvalue weighted by Crippen LogP contribution is 2.42. The molecule has 1 fully saturated rings. The minimum absolute atomic E-state index is 0.269. The molecule has 0 aliphatic carbocycles. The van der Waals surface area contributed by atoms with Gasteiger partial charge in [-0.3, -0.25) is 0 Å². The lowest BCUT2D eigenvalue weighted by molar-refractivity contribution is 0.165. The molecule has 0 atom stereocenters. The van der Waals surface area contributed by atoms with Crippen LogP contribution in [0.1, 0.15) is 18.4 Å². The van der Waals surface area contributed by atoms with E-state index in [9.17, 15) is 5.11 Å². The molecule has 2 N–H and O–H groups in total. The van der Waals surface area contributed by atoms with E-state index in [2.05, 4.69) is 5.32 Å². The Kier molecular flexibility index (Phi) is 3.28. The maximum absolute atomic E-state index is 10.2. The van der Waals surface area contributed by atoms with Crippen molar-refractivity contribution in [2.45, 2.75) is 19.3 Å². The SMILES string of the molecule is Oc1c(CC2CCNCC2)ccc2c1OCCO2. The molecule has 0 radical (unpaired) electrons. The van der Waals surface area contributed by atoms with Crippen LogP contribution in [0.5, 0.6) is 17.2 Å². The monoisotopic (exact) mass is 249 g/mol. The van der Waals surface area contributed by atoms with Crippen molar-refractivity contribution in [2.75, 3.05) is 26.3 Å². The van der Waals surface area contributed by atoms with E-state index in [-0.39, 0.29) is 5.75 Å². The zero-order valence-corrected chi connectivity index (χ0v) is 10.4. The summed E-state index contributed by atoms with van der Waals surface area (Å²) in [5.41, 5.74) is 0.978. The molecule has 0 saturated carbocycles. The van der Waals surface area contributed by atoms with E-state index in [4.69, 9.17) is 9.47 Å². The first-order chi connectivity index (χ1) is 8.84. The van der Waals surface area contributed by atoms with Gasteiger partial charge in [-0.1, -0.05) is 6.07 Å². The summed E-state index contributed by atoms with van der Waals surface area (Å²) in [6, 6.07) is 3.87. The Balaban J connectivity index is 1.79. The highest BCUT2D eigenvalue weighted by molar-refractivity contribution is 5.55. The Morgan fingerprint density at radius 3 is 2.78 bits per heavy atom. The maximum atomic E-state index is 10.2. The lowest BCUT2D eigenvalue weighted by Gasteiger charge is -2.24. The minimum Gasteiger partial charge on any atom is -0.504 e. The highest BCUT2D eigenvalue weighted by Gasteiger charge is 2.21. The fourth-order valence-corrected chi connectivity index (χ4v) is 2.70. The molecule has 4 nitrogen and oxygen atoms in total. The second-order valence-electron chi connectivity index (χ2n) is 4.99. The number of fused-ring (bicyclic) bond motifs is 1. The Labute approximate surface area is 107 Å². The molecule has 1 aromatic carbocycles. The largest absolute Gasteiger partial charge is 0.504 e. The summed E-state index contributed by atoms with van der Waals surface area (Å²) in [5, 5.41) is 13.6. The normalized spacial score (nSPS) is 19.8. The van der Waals surface area contributed by atoms with Crippen LogP contribution >= 0.6 is 0 Å². The smallest absolute Gasteiger partial charge is 0.203 e. The predicted molar refractivity (Wildman–Crippen MR) is 68.4 cm³/mol. The van der Waals surface area contributed by atoms with Crippen LogP contribution in [0, 0.1) is 5.92 Å². The van der Waals surface area contributed by atoms with Crippen molar-refractivity contribution in [3.05, 3.63) is 17.7 Å². The molecule has 4 heteroatoms. The average molecular weight is 249 g/mol. The first-order valence-corrected chi connectivity index (χ1v) is 6.66. The third-order valence-electron chi connectivity index (χ3n) is 3.73. The molecule has 18 heavy (non-hydrogen) atoms. The summed E-state index contributed by atoms with van der Waals surface area (Å²) in [7, 11) is 0. The van der Waals surface area contributed by atoms with Gasteiger partial charge in [0, 0.05) is 0 Å². The van der Waals surface area contributed by atoms with Crippen LogP contribution in [-0.2, 0) is 6.42 Å². The predicted octanol–water partition coefficient (Wildman–Crippen LogP) is 1.71. The van der Waals surface area contributed by atoms with E-state index in [0.717, 1.165) is 25.1 Å². The maximum Gasteiger partial charge on any atom is 0.203 e. The minimum atomic E-state index is 0.269. The first kappa shape index (κ1) is 11.7. The lowest BCUT2D eigenvalue weighted by atomic mass is 9.90. The van der Waals surface area contributed by atoms with Crippen molar-refractivity contribution in [3.63, 3.8) is 0 Å². The van der Waals surface area contributed by atoms with Crippen molar-refractivity contribution in [2.24, 2.45) is 5.92 Å². The second-order valence-corrected chi connectivity index (χ2v) is 4.99. The number of nitrogens with one attached hydrogen (secondary N) is 1. The quantitative estimate of drug-likeness (QED) is 0.837. The molecule has 0 bridgehead atoms. The molecule has 98 valence electrons. The van der Waals surface area contributed by atoms with Gasteiger partial charge in [-0.05, 0) is 49.9 Å². The standard InChI is InChI=1S/C14H19NO3/c16-13-11(9-10-3-5-15-6-4-10)1-2-12-14(13)18-8-7-17-12/h1-2,10,15-16H,3-9H2. The average Bonchev–Trinajstić information content (AvgIpc) is 2.43. The lowest BCUT2D eigenvalue weighted by Crippen LogP contribution is -2.28. The number of phenols is 1. The summed E-state index contributed by atoms with van der Waals surface area (Å²) < 4.78 is 11.0. The molecule has 0 amide bonds. The Bertz CT molecular complexity index is 427. The first-order valence-electron chi connectivity index (χ1n) is 6.66. The van der Waals surface area contributed by atoms with Crippen LogP contribution in [0.2, 0.25) is 0 Å². The topological polar surface area (TPSA) is 50.7 Å². The number of benzene rings is 1. The van der Waals surface area contributed by atoms with Gasteiger partial charge in [0.2, 0.25) is 5.75 Å². The number of piperidine rings is 1. The third kappa shape index (κ3) is 2.25. The molecule has 0 spiro atoms. The Hall–Kier alpha value is -1.42. The van der Waals surface area contributed by atoms with Gasteiger partial charge >= 0.3 is 0 Å². The van der Waals surface area contributed by atoms with E-state index in [0.29, 0.717) is 30.6 Å². The van der Waals surface area contributed by atoms with Crippen molar-refractivity contribution in [1.82, 2.24) is 5.32 Å². The molecule has 1 aromatic rings. The van der Waals surface area contributed by atoms with Gasteiger partial charge in [0.25, 0.3) is 0 Å². The van der Waals surface area contributed by atoms with Crippen LogP contribution in [-0.4, -0.2) is 31.4 Å². The van der Waals surface area contributed by atoms with Gasteiger partial charge in [-0.15, -0.1) is 0 Å². The summed E-state index contributed by atoms with van der Waals surface area (Å²) in [6.45, 7) is 3.23. The molecule has 3 rings (SSSR count). The Morgan fingerprint density at radius 1 is 1.17 bits per heavy atom. The molecule has 0 aromatic heterocycles. The van der Waals surface area contributed by atoms with Crippen molar-refractivity contribution in [3.8, 4) is 17.2 Å². The van der Waals surface area contributed by atoms with Gasteiger partial charge in [0.1, 0.15) is 13.2 Å². The zero-order chi connectivity index (χ0) is 12.4. The van der Waals surface area contributed by atoms with Gasteiger partial charge < -0.3 is 19.9 Å². The zero-order valence-electron chi connectivity index (χ0n) is 10.4. The molecule has 2 aliphatic heterocycles. The number of ether oxygens (including phenoxy) is 2. The van der Waals surface area contributed by atoms with Crippen LogP contribution in [0.25, 0.3) is 0 Å². The van der Waals surface area contributed by atoms with Crippen LogP contribution in [0.15, 0.2) is 12.1 Å². The second kappa shape index (κ2) is 5.06. The molecule has 2 heterocycles. The summed E-state index contributed by atoms with van der Waals surface area (Å²) in [6.07, 6.45) is 3.27. The van der Waals surface area contributed by atoms with E-state index in [1.807, 2.05) is 12.1 Å². The summed E-state index contributed by atoms with van der Waals surface area (Å²) >= 11 is 0. The summed E-state index contributed by atoms with van der Waals surface area (Å²) in [5.74, 6) is 2.10. The molecule has 1 saturated heterocycles. The van der Waals surface area contributed by atoms with Gasteiger partial charge in [0.05, 0.1) is 0 Å². The van der Waals surface area contributed by atoms with E-state index in [1.165, 1.54) is 12.8 Å². The third-order valence-corrected chi connectivity index (χ3v) is 3.73. The van der Waals surface area contributed by atoms with Crippen LogP contribution in [0.3, 0.4) is 0 Å². The van der Waals surface area contributed by atoms with E-state index < -0.39 is 0 Å². The van der Waals surface area contributed by atoms with Crippen LogP contribution < -0.4 is 14.8 Å². The van der Waals surface area contributed by atoms with E-state index in [1.54, 1.807) is 0 Å². The van der Waals surface area contributed by atoms with Crippen molar-refractivity contribution < 1.29 is 14.6 Å². The van der Waals surface area contributed by atoms with Crippen molar-refractivity contribution in [1.29, 1.82) is 0 Å². The van der Waals surface area contributed by atoms with E-state index >= 15 is 0 Å². The number of aromatic hydroxyl groups is 1. The number of hydrogen-bond acceptors (Lipinski definition) is 4. The fraction of sp³-hybridized carbons (Fsp3) is 0.571. The molecular formula is C14H19NO3. The van der Waals surface area contributed by atoms with Gasteiger partial charge in [0.15, 0.2) is 11.5 Å². The van der Waals surface area contributed by atoms with Gasteiger partial charge in [-0.2, -0.15) is 0 Å². The summed E-state index contributed by atoms with van der Waals surface area (Å²) in [4.78, 5) is 0. The van der Waals surface area contributed by atoms with Crippen molar-refractivity contribution >= 4 is 0 Å². The Morgan fingerprint density at radius 2 is 1.94 bits per heavy atom. The molecule has 2 aliphatic rings. The van der Waals surface area contributed by atoms with Crippen LogP contribution in [0.4, 0.5) is 0 Å². The number of hydrogen-bond donors (Lipinski definition) is 2. The fourth-order valence-electron chi connectivity index (χ4n) is 2.70. The number of phenolic OH excluding ortho intramolecular Hbond substituents is 1. The molecular weight excluding hydrogens is 230 g/mol. The molecule has 0 unspecified atom stereocenters. The highest BCUT2D eigenvalue weighted by atomic mass is 16.6. The van der Waals surface area contributed by atoms with Gasteiger partial charge in [-0.25, -0.2) is 0 Å².